The molecule has 0 unspecified atom stereocenters. The van der Waals surface area contributed by atoms with Crippen LogP contribution in [0, 0.1) is 0 Å². The van der Waals surface area contributed by atoms with Crippen molar-refractivity contribution in [1.82, 2.24) is 0 Å². The highest BCUT2D eigenvalue weighted by molar-refractivity contribution is 6.22. The minimum Gasteiger partial charge on any atom is -0.0622 e. The van der Waals surface area contributed by atoms with Gasteiger partial charge in [0.25, 0.3) is 0 Å². The molecular formula is C40H26. The Morgan fingerprint density at radius 2 is 0.875 bits per heavy atom. The lowest BCUT2D eigenvalue weighted by molar-refractivity contribution is 1.65. The molecule has 0 spiro atoms. The summed E-state index contributed by atoms with van der Waals surface area (Å²) < 4.78 is 232. The molecule has 186 valence electrons. The summed E-state index contributed by atoms with van der Waals surface area (Å²) in [6.07, 6.45) is 0. The molecule has 0 aliphatic carbocycles. The molecule has 0 fully saturated rings. The number of hydrogen-bond acceptors (Lipinski definition) is 0. The van der Waals surface area contributed by atoms with Gasteiger partial charge in [-0.3, -0.25) is 0 Å². The summed E-state index contributed by atoms with van der Waals surface area (Å²) in [5, 5.41) is -5.61. The zero-order chi connectivity index (χ0) is 49.1. The van der Waals surface area contributed by atoms with Gasteiger partial charge in [0.2, 0.25) is 0 Å². The van der Waals surface area contributed by atoms with Crippen molar-refractivity contribution in [1.29, 1.82) is 0 Å². The van der Waals surface area contributed by atoms with Crippen LogP contribution in [0.25, 0.3) is 76.5 Å². The van der Waals surface area contributed by atoms with Gasteiger partial charge in [0, 0.05) is 0 Å². The van der Waals surface area contributed by atoms with E-state index < -0.39 is 234 Å². The van der Waals surface area contributed by atoms with Crippen molar-refractivity contribution < 1.29 is 35.6 Å². The molecule has 0 radical (unpaired) electrons. The van der Waals surface area contributed by atoms with Gasteiger partial charge in [0.05, 0.1) is 35.6 Å². The maximum absolute atomic E-state index is 10.0. The van der Waals surface area contributed by atoms with E-state index in [0.717, 1.165) is 0 Å². The molecule has 0 atom stereocenters. The second-order valence-electron chi connectivity index (χ2n) is 8.50. The third kappa shape index (κ3) is 3.61. The lowest BCUT2D eigenvalue weighted by Crippen LogP contribution is -1.92. The first-order valence-corrected chi connectivity index (χ1v) is 11.8. The van der Waals surface area contributed by atoms with Crippen LogP contribution in [0.5, 0.6) is 0 Å². The van der Waals surface area contributed by atoms with Crippen molar-refractivity contribution in [3.63, 3.8) is 0 Å². The Kier molecular flexibility index (Phi) is 1.99. The van der Waals surface area contributed by atoms with Crippen LogP contribution in [0.3, 0.4) is 0 Å². The standard InChI is InChI=1S/C40H26/c1-2-13-29(14-3-1)39-35-18-8-9-19-36(35)40(32-22-21-27-11-4-5-15-30(27)25-32)38-26-31(23-24-37(38)39)34-20-10-16-28-12-6-7-17-33(28)34/h1-26H/i1D,2D,3D,4D,5D,6D,7D,8D,9D,10D,11D,12D,13D,14D,15D,16D,17D,18D,19D,20D,21D,22D,23D,24D,25D,26D. The SMILES string of the molecule is [2H]c1c([2H])c([2H])c(-c2c3c([2H])c([2H])c([2H])c([2H])c3c(-c3c([2H])c([2H])c4c([2H])c([2H])c([2H])c([2H])c4c3[2H])c3c([2H])c(-c4c([2H])c([2H])c([2H])c5c([2H])c([2H])c([2H])c([2H])c45)c([2H])c([2H])c23)c([2H])c1[2H]. The summed E-state index contributed by atoms with van der Waals surface area (Å²) in [6, 6.07) is -24.5. The van der Waals surface area contributed by atoms with Crippen LogP contribution in [0.2, 0.25) is 0 Å². The van der Waals surface area contributed by atoms with Crippen molar-refractivity contribution in [3.8, 4) is 33.4 Å². The van der Waals surface area contributed by atoms with Gasteiger partial charge in [-0.2, -0.15) is 0 Å². The van der Waals surface area contributed by atoms with E-state index in [1.807, 2.05) is 0 Å². The Morgan fingerprint density at radius 1 is 0.300 bits per heavy atom. The van der Waals surface area contributed by atoms with Gasteiger partial charge in [-0.25, -0.2) is 0 Å². The van der Waals surface area contributed by atoms with E-state index in [1.54, 1.807) is 0 Å². The lowest BCUT2D eigenvalue weighted by Gasteiger charge is -2.19. The van der Waals surface area contributed by atoms with E-state index in [0.29, 0.717) is 0 Å². The minimum absolute atomic E-state index is 0.606. The molecular weight excluding hydrogens is 480 g/mol. The molecule has 8 aromatic carbocycles. The van der Waals surface area contributed by atoms with Gasteiger partial charge in [0.15, 0.2) is 0 Å². The van der Waals surface area contributed by atoms with Crippen molar-refractivity contribution in [2.75, 3.05) is 0 Å². The Hall–Kier alpha value is -5.20. The van der Waals surface area contributed by atoms with Gasteiger partial charge in [-0.05, 0) is 88.6 Å². The lowest BCUT2D eigenvalue weighted by atomic mass is 9.84. The Morgan fingerprint density at radius 3 is 1.68 bits per heavy atom. The van der Waals surface area contributed by atoms with E-state index in [-0.39, 0.29) is 0 Å². The number of benzene rings is 8. The van der Waals surface area contributed by atoms with Crippen LogP contribution in [-0.4, -0.2) is 0 Å². The molecule has 0 saturated carbocycles. The van der Waals surface area contributed by atoms with Crippen LogP contribution in [0.4, 0.5) is 0 Å². The zero-order valence-corrected chi connectivity index (χ0v) is 20.0. The average Bonchev–Trinajstić information content (AvgIpc) is 3.28. The fourth-order valence-electron chi connectivity index (χ4n) is 4.62. The molecule has 0 heteroatoms. The number of fused-ring (bicyclic) bond motifs is 4. The molecule has 8 aromatic rings. The number of rotatable bonds is 3. The third-order valence-corrected chi connectivity index (χ3v) is 6.31. The Bertz CT molecular complexity index is 3610. The smallest absolute Gasteiger partial charge is 0.0622 e. The van der Waals surface area contributed by atoms with Crippen LogP contribution >= 0.6 is 0 Å². The molecule has 0 aliphatic heterocycles. The van der Waals surface area contributed by atoms with Crippen LogP contribution < -0.4 is 0 Å². The fourth-order valence-corrected chi connectivity index (χ4v) is 4.62. The summed E-state index contributed by atoms with van der Waals surface area (Å²) in [5.74, 6) is 0. The quantitative estimate of drug-likeness (QED) is 0.198. The largest absolute Gasteiger partial charge is 0.0636 e. The topological polar surface area (TPSA) is 0 Å². The number of hydrogen-bond donors (Lipinski definition) is 0. The van der Waals surface area contributed by atoms with E-state index in [4.69, 9.17) is 26.0 Å². The molecule has 0 aromatic heterocycles. The molecule has 8 rings (SSSR count). The normalized spacial score (nSPS) is 20.6. The second kappa shape index (κ2) is 9.22. The molecule has 0 aliphatic rings. The van der Waals surface area contributed by atoms with Crippen LogP contribution in [0.15, 0.2) is 157 Å². The van der Waals surface area contributed by atoms with Crippen molar-refractivity contribution in [2.45, 2.75) is 0 Å². The molecule has 40 heavy (non-hydrogen) atoms. The molecule has 0 nitrogen and oxygen atoms in total. The first-order chi connectivity index (χ1) is 30.7. The Labute approximate surface area is 270 Å². The highest BCUT2D eigenvalue weighted by Gasteiger charge is 2.18. The highest BCUT2D eigenvalue weighted by Crippen LogP contribution is 2.45. The predicted octanol–water partition coefficient (Wildman–Crippen LogP) is 11.3. The van der Waals surface area contributed by atoms with E-state index in [9.17, 15) is 9.60 Å². The van der Waals surface area contributed by atoms with Gasteiger partial charge in [-0.15, -0.1) is 0 Å². The molecule has 0 heterocycles. The summed E-state index contributed by atoms with van der Waals surface area (Å²) >= 11 is 0. The highest BCUT2D eigenvalue weighted by atomic mass is 14.2. The second-order valence-corrected chi connectivity index (χ2v) is 8.50. The van der Waals surface area contributed by atoms with E-state index in [1.165, 1.54) is 0 Å². The summed E-state index contributed by atoms with van der Waals surface area (Å²) in [5.41, 5.74) is -4.77. The molecule has 0 N–H and O–H groups in total. The van der Waals surface area contributed by atoms with Crippen molar-refractivity contribution in [2.24, 2.45) is 0 Å². The predicted molar refractivity (Wildman–Crippen MR) is 173 cm³/mol. The van der Waals surface area contributed by atoms with Crippen LogP contribution in [0.1, 0.15) is 35.6 Å². The monoisotopic (exact) mass is 532 g/mol. The van der Waals surface area contributed by atoms with E-state index >= 15 is 0 Å². The Balaban J connectivity index is 1.84. The maximum Gasteiger partial charge on any atom is 0.0636 e. The summed E-state index contributed by atoms with van der Waals surface area (Å²) in [4.78, 5) is 0. The van der Waals surface area contributed by atoms with E-state index in [2.05, 4.69) is 0 Å². The minimum atomic E-state index is -1.07. The van der Waals surface area contributed by atoms with Gasteiger partial charge in [-0.1, -0.05) is 145 Å². The third-order valence-electron chi connectivity index (χ3n) is 6.31. The molecule has 0 bridgehead atoms. The van der Waals surface area contributed by atoms with Gasteiger partial charge < -0.3 is 0 Å². The summed E-state index contributed by atoms with van der Waals surface area (Å²) in [6.45, 7) is 0. The van der Waals surface area contributed by atoms with Gasteiger partial charge in [0.1, 0.15) is 0 Å². The maximum atomic E-state index is 10.0. The first kappa shape index (κ1) is 8.65. The summed E-state index contributed by atoms with van der Waals surface area (Å²) in [7, 11) is 0. The fraction of sp³-hybridized carbons (Fsp3) is 0. The molecule has 0 amide bonds. The van der Waals surface area contributed by atoms with Gasteiger partial charge >= 0.3 is 0 Å². The zero-order valence-electron chi connectivity index (χ0n) is 46.0. The van der Waals surface area contributed by atoms with Crippen molar-refractivity contribution >= 4 is 43.1 Å². The molecule has 0 saturated heterocycles. The van der Waals surface area contributed by atoms with Crippen LogP contribution in [-0.2, 0) is 0 Å². The first-order valence-electron chi connectivity index (χ1n) is 24.8. The average molecular weight is 533 g/mol. The van der Waals surface area contributed by atoms with Crippen molar-refractivity contribution in [3.05, 3.63) is 157 Å².